The van der Waals surface area contributed by atoms with Gasteiger partial charge in [-0.1, -0.05) is 42.5 Å². The fraction of sp³-hybridized carbons (Fsp3) is 0.0476. The van der Waals surface area contributed by atoms with Gasteiger partial charge in [0.15, 0.2) is 5.65 Å². The Kier molecular flexibility index (Phi) is 4.45. The number of hydrogen-bond acceptors (Lipinski definition) is 4. The summed E-state index contributed by atoms with van der Waals surface area (Å²) >= 11 is 0. The molecule has 6 heteroatoms. The van der Waals surface area contributed by atoms with Gasteiger partial charge in [-0.3, -0.25) is 14.2 Å². The van der Waals surface area contributed by atoms with Crippen LogP contribution in [0.1, 0.15) is 0 Å². The summed E-state index contributed by atoms with van der Waals surface area (Å²) in [5.41, 5.74) is 2.93. The van der Waals surface area contributed by atoms with Crippen molar-refractivity contribution >= 4 is 22.6 Å². The third-order valence-corrected chi connectivity index (χ3v) is 4.19. The number of hydrogen-bond donors (Lipinski definition) is 1. The molecular weight excluding hydrogens is 340 g/mol. The van der Waals surface area contributed by atoms with Gasteiger partial charge in [0.05, 0.1) is 5.39 Å². The Morgan fingerprint density at radius 2 is 1.63 bits per heavy atom. The molecule has 132 valence electrons. The number of rotatable bonds is 4. The molecule has 2 aromatic carbocycles. The molecule has 0 fully saturated rings. The van der Waals surface area contributed by atoms with E-state index in [9.17, 15) is 9.59 Å². The molecule has 1 amide bonds. The van der Waals surface area contributed by atoms with Crippen LogP contribution in [0.2, 0.25) is 0 Å². The molecular formula is C21H16N4O2. The maximum Gasteiger partial charge on any atom is 0.263 e. The van der Waals surface area contributed by atoms with Gasteiger partial charge in [-0.15, -0.1) is 0 Å². The topological polar surface area (TPSA) is 76.9 Å². The molecule has 6 nitrogen and oxygen atoms in total. The molecule has 0 unspecified atom stereocenters. The minimum absolute atomic E-state index is 0.114. The largest absolute Gasteiger partial charge is 0.325 e. The van der Waals surface area contributed by atoms with Gasteiger partial charge in [0.1, 0.15) is 12.9 Å². The van der Waals surface area contributed by atoms with Crippen LogP contribution in [0.4, 0.5) is 5.69 Å². The molecule has 0 aliphatic heterocycles. The zero-order valence-corrected chi connectivity index (χ0v) is 14.4. The fourth-order valence-corrected chi connectivity index (χ4v) is 2.84. The van der Waals surface area contributed by atoms with Gasteiger partial charge in [-0.05, 0) is 35.4 Å². The predicted molar refractivity (Wildman–Crippen MR) is 104 cm³/mol. The third-order valence-electron chi connectivity index (χ3n) is 4.19. The number of carbonyl (C=O) groups is 1. The van der Waals surface area contributed by atoms with Gasteiger partial charge >= 0.3 is 0 Å². The number of fused-ring (bicyclic) bond motifs is 1. The van der Waals surface area contributed by atoms with E-state index in [4.69, 9.17) is 0 Å². The highest BCUT2D eigenvalue weighted by Gasteiger charge is 2.09. The average molecular weight is 356 g/mol. The molecule has 0 saturated heterocycles. The van der Waals surface area contributed by atoms with Gasteiger partial charge in [0.2, 0.25) is 5.91 Å². The Bertz CT molecular complexity index is 1150. The number of aromatic nitrogens is 3. The second-order valence-electron chi connectivity index (χ2n) is 6.04. The van der Waals surface area contributed by atoms with Crippen molar-refractivity contribution in [3.8, 4) is 11.1 Å². The van der Waals surface area contributed by atoms with E-state index < -0.39 is 0 Å². The second-order valence-corrected chi connectivity index (χ2v) is 6.04. The SMILES string of the molecule is O=C(Cn1cnc2ncccc2c1=O)Nc1ccc(-c2ccccc2)cc1. The van der Waals surface area contributed by atoms with Crippen molar-refractivity contribution in [3.05, 3.63) is 89.6 Å². The van der Waals surface area contributed by atoms with E-state index in [0.717, 1.165) is 11.1 Å². The molecule has 2 aromatic heterocycles. The zero-order chi connectivity index (χ0) is 18.6. The molecule has 0 atom stereocenters. The Morgan fingerprint density at radius 3 is 2.41 bits per heavy atom. The number of nitrogens with one attached hydrogen (secondary N) is 1. The summed E-state index contributed by atoms with van der Waals surface area (Å²) < 4.78 is 1.28. The Balaban J connectivity index is 1.48. The smallest absolute Gasteiger partial charge is 0.263 e. The van der Waals surface area contributed by atoms with Crippen LogP contribution in [0.15, 0.2) is 84.0 Å². The number of amides is 1. The molecule has 0 saturated carbocycles. The molecule has 0 aliphatic carbocycles. The van der Waals surface area contributed by atoms with Gasteiger partial charge in [-0.25, -0.2) is 9.97 Å². The summed E-state index contributed by atoms with van der Waals surface area (Å²) in [4.78, 5) is 32.9. The maximum absolute atomic E-state index is 12.4. The highest BCUT2D eigenvalue weighted by atomic mass is 16.2. The van der Waals surface area contributed by atoms with Crippen molar-refractivity contribution in [2.45, 2.75) is 6.54 Å². The van der Waals surface area contributed by atoms with Gasteiger partial charge in [0, 0.05) is 11.9 Å². The standard InChI is InChI=1S/C21H16N4O2/c26-19(13-25-14-23-20-18(21(25)27)7-4-12-22-20)24-17-10-8-16(9-11-17)15-5-2-1-3-6-15/h1-12,14H,13H2,(H,24,26). The van der Waals surface area contributed by atoms with Crippen molar-refractivity contribution in [2.24, 2.45) is 0 Å². The number of nitrogens with zero attached hydrogens (tertiary/aromatic N) is 3. The summed E-state index contributed by atoms with van der Waals surface area (Å²) in [6.07, 6.45) is 2.92. The van der Waals surface area contributed by atoms with E-state index in [0.29, 0.717) is 16.7 Å². The first-order valence-electron chi connectivity index (χ1n) is 8.46. The summed E-state index contributed by atoms with van der Waals surface area (Å²) in [5, 5.41) is 3.19. The Morgan fingerprint density at radius 1 is 0.889 bits per heavy atom. The molecule has 4 rings (SSSR count). The third kappa shape index (κ3) is 3.59. The molecule has 0 spiro atoms. The summed E-state index contributed by atoms with van der Waals surface area (Å²) in [6, 6.07) is 20.9. The average Bonchev–Trinajstić information content (AvgIpc) is 2.71. The van der Waals surface area contributed by atoms with Gasteiger partial charge in [-0.2, -0.15) is 0 Å². The van der Waals surface area contributed by atoms with E-state index in [1.54, 1.807) is 18.3 Å². The van der Waals surface area contributed by atoms with Crippen molar-refractivity contribution in [3.63, 3.8) is 0 Å². The minimum Gasteiger partial charge on any atom is -0.325 e. The van der Waals surface area contributed by atoms with Crippen LogP contribution in [-0.2, 0) is 11.3 Å². The molecule has 4 aromatic rings. The fourth-order valence-electron chi connectivity index (χ4n) is 2.84. The van der Waals surface area contributed by atoms with E-state index >= 15 is 0 Å². The molecule has 0 bridgehead atoms. The summed E-state index contributed by atoms with van der Waals surface area (Å²) in [6.45, 7) is -0.114. The maximum atomic E-state index is 12.4. The van der Waals surface area contributed by atoms with Gasteiger partial charge in [0.25, 0.3) is 5.56 Å². The first kappa shape index (κ1) is 16.7. The lowest BCUT2D eigenvalue weighted by molar-refractivity contribution is -0.116. The van der Waals surface area contributed by atoms with Crippen LogP contribution in [0.25, 0.3) is 22.2 Å². The van der Waals surface area contributed by atoms with Crippen molar-refractivity contribution < 1.29 is 4.79 Å². The van der Waals surface area contributed by atoms with E-state index in [-0.39, 0.29) is 18.0 Å². The minimum atomic E-state index is -0.297. The van der Waals surface area contributed by atoms with Crippen LogP contribution < -0.4 is 10.9 Å². The van der Waals surface area contributed by atoms with E-state index in [2.05, 4.69) is 15.3 Å². The van der Waals surface area contributed by atoms with Crippen LogP contribution in [-0.4, -0.2) is 20.4 Å². The van der Waals surface area contributed by atoms with E-state index in [1.807, 2.05) is 54.6 Å². The lowest BCUT2D eigenvalue weighted by Gasteiger charge is -2.09. The van der Waals surface area contributed by atoms with Crippen LogP contribution in [0, 0.1) is 0 Å². The lowest BCUT2D eigenvalue weighted by Crippen LogP contribution is -2.28. The number of pyridine rings is 1. The molecule has 0 radical (unpaired) electrons. The Hall–Kier alpha value is -3.80. The van der Waals surface area contributed by atoms with Crippen molar-refractivity contribution in [1.82, 2.24) is 14.5 Å². The first-order valence-corrected chi connectivity index (χ1v) is 8.46. The van der Waals surface area contributed by atoms with Crippen molar-refractivity contribution in [2.75, 3.05) is 5.32 Å². The van der Waals surface area contributed by atoms with Crippen LogP contribution in [0.5, 0.6) is 0 Å². The predicted octanol–water partition coefficient (Wildman–Crippen LogP) is 3.10. The van der Waals surface area contributed by atoms with Crippen LogP contribution in [0.3, 0.4) is 0 Å². The van der Waals surface area contributed by atoms with Crippen molar-refractivity contribution in [1.29, 1.82) is 0 Å². The second kappa shape index (κ2) is 7.21. The number of carbonyl (C=O) groups excluding carboxylic acids is 1. The number of benzene rings is 2. The highest BCUT2D eigenvalue weighted by Crippen LogP contribution is 2.20. The molecule has 2 heterocycles. The summed E-state index contributed by atoms with van der Waals surface area (Å²) in [7, 11) is 0. The summed E-state index contributed by atoms with van der Waals surface area (Å²) in [5.74, 6) is -0.297. The number of anilines is 1. The quantitative estimate of drug-likeness (QED) is 0.610. The van der Waals surface area contributed by atoms with Gasteiger partial charge < -0.3 is 5.32 Å². The zero-order valence-electron chi connectivity index (χ0n) is 14.4. The van der Waals surface area contributed by atoms with E-state index in [1.165, 1.54) is 10.9 Å². The monoisotopic (exact) mass is 356 g/mol. The normalized spacial score (nSPS) is 10.7. The molecule has 27 heavy (non-hydrogen) atoms. The highest BCUT2D eigenvalue weighted by molar-refractivity contribution is 5.91. The molecule has 0 aliphatic rings. The Labute approximate surface area is 155 Å². The first-order chi connectivity index (χ1) is 13.2. The van der Waals surface area contributed by atoms with Crippen LogP contribution >= 0.6 is 0 Å². The lowest BCUT2D eigenvalue weighted by atomic mass is 10.1. The molecule has 1 N–H and O–H groups in total.